The topological polar surface area (TPSA) is 49.4 Å². The lowest BCUT2D eigenvalue weighted by atomic mass is 9.99. The Hall–Kier alpha value is -2.92. The quantitative estimate of drug-likeness (QED) is 0.314. The molecular weight excluding hydrogens is 512 g/mol. The van der Waals surface area contributed by atoms with Gasteiger partial charge in [0.1, 0.15) is 6.04 Å². The van der Waals surface area contributed by atoms with E-state index < -0.39 is 11.6 Å². The van der Waals surface area contributed by atoms with Crippen LogP contribution < -0.4 is 5.32 Å². The van der Waals surface area contributed by atoms with E-state index in [1.807, 2.05) is 75.4 Å². The first-order valence-corrected chi connectivity index (χ1v) is 13.4. The molecule has 0 aromatic heterocycles. The summed E-state index contributed by atoms with van der Waals surface area (Å²) in [4.78, 5) is 29.1. The lowest BCUT2D eigenvalue weighted by molar-refractivity contribution is -0.141. The second-order valence-electron chi connectivity index (χ2n) is 10.3. The van der Waals surface area contributed by atoms with Crippen LogP contribution >= 0.6 is 15.9 Å². The molecular formula is C31H37BrN2O2. The molecule has 36 heavy (non-hydrogen) atoms. The summed E-state index contributed by atoms with van der Waals surface area (Å²) in [5.74, 6) is -0.161. The lowest BCUT2D eigenvalue weighted by Crippen LogP contribution is -2.54. The van der Waals surface area contributed by atoms with Gasteiger partial charge in [0.2, 0.25) is 11.8 Å². The zero-order valence-corrected chi connectivity index (χ0v) is 23.3. The summed E-state index contributed by atoms with van der Waals surface area (Å²) < 4.78 is 0.978. The van der Waals surface area contributed by atoms with Gasteiger partial charge >= 0.3 is 0 Å². The lowest BCUT2D eigenvalue weighted by Gasteiger charge is -2.34. The fraction of sp³-hybridized carbons (Fsp3) is 0.355. The van der Waals surface area contributed by atoms with Gasteiger partial charge in [-0.05, 0) is 68.0 Å². The van der Waals surface area contributed by atoms with Crippen molar-refractivity contribution in [1.82, 2.24) is 10.2 Å². The fourth-order valence-electron chi connectivity index (χ4n) is 4.13. The molecule has 4 nitrogen and oxygen atoms in total. The van der Waals surface area contributed by atoms with Gasteiger partial charge in [-0.3, -0.25) is 9.59 Å². The summed E-state index contributed by atoms with van der Waals surface area (Å²) in [5.41, 5.74) is 4.02. The van der Waals surface area contributed by atoms with Crippen LogP contribution in [-0.2, 0) is 35.4 Å². The molecule has 0 aliphatic rings. The minimum Gasteiger partial charge on any atom is -0.350 e. The Morgan fingerprint density at radius 3 is 2.00 bits per heavy atom. The minimum absolute atomic E-state index is 0.0255. The molecule has 1 atom stereocenters. The number of carbonyl (C=O) groups is 2. The Bertz CT molecular complexity index is 1120. The highest BCUT2D eigenvalue weighted by Crippen LogP contribution is 2.19. The van der Waals surface area contributed by atoms with E-state index in [-0.39, 0.29) is 11.8 Å². The van der Waals surface area contributed by atoms with Crippen LogP contribution in [0.15, 0.2) is 83.3 Å². The molecule has 0 aliphatic carbocycles. The van der Waals surface area contributed by atoms with Crippen molar-refractivity contribution in [2.24, 2.45) is 0 Å². The predicted octanol–water partition coefficient (Wildman–Crippen LogP) is 6.50. The van der Waals surface area contributed by atoms with Crippen LogP contribution in [0.1, 0.15) is 56.4 Å². The predicted molar refractivity (Wildman–Crippen MR) is 151 cm³/mol. The summed E-state index contributed by atoms with van der Waals surface area (Å²) in [6.45, 7) is 8.39. The molecule has 0 fully saturated rings. The zero-order valence-electron chi connectivity index (χ0n) is 21.8. The summed E-state index contributed by atoms with van der Waals surface area (Å²) in [6.07, 6.45) is 2.43. The van der Waals surface area contributed by atoms with Gasteiger partial charge in [0.25, 0.3) is 0 Å². The molecule has 0 radical (unpaired) electrons. The Morgan fingerprint density at radius 2 is 1.42 bits per heavy atom. The van der Waals surface area contributed by atoms with Crippen molar-refractivity contribution < 1.29 is 9.59 Å². The average molecular weight is 550 g/mol. The molecule has 1 N–H and O–H groups in total. The molecule has 0 bridgehead atoms. The second-order valence-corrected chi connectivity index (χ2v) is 11.2. The van der Waals surface area contributed by atoms with Gasteiger partial charge in [-0.15, -0.1) is 0 Å². The molecule has 3 rings (SSSR count). The number of carbonyl (C=O) groups excluding carboxylic acids is 2. The Kier molecular flexibility index (Phi) is 9.89. The van der Waals surface area contributed by atoms with Crippen LogP contribution in [0.5, 0.6) is 0 Å². The monoisotopic (exact) mass is 548 g/mol. The average Bonchev–Trinajstić information content (AvgIpc) is 2.85. The van der Waals surface area contributed by atoms with Crippen molar-refractivity contribution in [2.75, 3.05) is 0 Å². The van der Waals surface area contributed by atoms with Gasteiger partial charge in [0.05, 0.1) is 0 Å². The number of aryl methyl sites for hydroxylation is 2. The van der Waals surface area contributed by atoms with E-state index in [2.05, 4.69) is 52.4 Å². The normalized spacial score (nSPS) is 12.1. The summed E-state index contributed by atoms with van der Waals surface area (Å²) >= 11 is 3.49. The van der Waals surface area contributed by atoms with Crippen molar-refractivity contribution in [1.29, 1.82) is 0 Å². The van der Waals surface area contributed by atoms with Crippen LogP contribution in [0.25, 0.3) is 0 Å². The van der Waals surface area contributed by atoms with E-state index in [4.69, 9.17) is 0 Å². The van der Waals surface area contributed by atoms with Crippen LogP contribution in [0, 0.1) is 0 Å². The van der Waals surface area contributed by atoms with Crippen LogP contribution in [0.4, 0.5) is 0 Å². The van der Waals surface area contributed by atoms with E-state index in [9.17, 15) is 9.59 Å². The van der Waals surface area contributed by atoms with Crippen molar-refractivity contribution in [3.05, 3.63) is 106 Å². The summed E-state index contributed by atoms with van der Waals surface area (Å²) in [6, 6.07) is 25.6. The maximum absolute atomic E-state index is 13.7. The number of benzene rings is 3. The third kappa shape index (κ3) is 8.63. The van der Waals surface area contributed by atoms with E-state index in [0.29, 0.717) is 25.8 Å². The van der Waals surface area contributed by atoms with E-state index >= 15 is 0 Å². The van der Waals surface area contributed by atoms with Crippen molar-refractivity contribution in [3.63, 3.8) is 0 Å². The van der Waals surface area contributed by atoms with E-state index in [1.54, 1.807) is 4.90 Å². The molecule has 3 aromatic rings. The van der Waals surface area contributed by atoms with Gasteiger partial charge in [0.15, 0.2) is 0 Å². The zero-order chi connectivity index (χ0) is 26.1. The first-order valence-electron chi connectivity index (χ1n) is 12.6. The Labute approximate surface area is 224 Å². The Balaban J connectivity index is 1.90. The van der Waals surface area contributed by atoms with E-state index in [0.717, 1.165) is 27.6 Å². The van der Waals surface area contributed by atoms with Crippen LogP contribution in [-0.4, -0.2) is 28.3 Å². The van der Waals surface area contributed by atoms with Gasteiger partial charge in [-0.2, -0.15) is 0 Å². The molecule has 2 amide bonds. The van der Waals surface area contributed by atoms with Gasteiger partial charge in [-0.1, -0.05) is 89.6 Å². The fourth-order valence-corrected chi connectivity index (χ4v) is 4.39. The minimum atomic E-state index is -0.620. The van der Waals surface area contributed by atoms with Gasteiger partial charge in [0, 0.05) is 29.4 Å². The SMILES string of the molecule is CCc1ccc(CCC(=O)N(Cc2ccc(Br)cc2)[C@H](Cc2ccccc2)C(=O)NC(C)(C)C)cc1. The molecule has 3 aromatic carbocycles. The van der Waals surface area contributed by atoms with Crippen LogP contribution in [0.2, 0.25) is 0 Å². The molecule has 0 aliphatic heterocycles. The number of halogens is 1. The van der Waals surface area contributed by atoms with E-state index in [1.165, 1.54) is 5.56 Å². The van der Waals surface area contributed by atoms with Gasteiger partial charge < -0.3 is 10.2 Å². The number of nitrogens with one attached hydrogen (secondary N) is 1. The van der Waals surface area contributed by atoms with Gasteiger partial charge in [-0.25, -0.2) is 0 Å². The highest BCUT2D eigenvalue weighted by Gasteiger charge is 2.32. The summed E-state index contributed by atoms with van der Waals surface area (Å²) in [5, 5.41) is 3.12. The maximum Gasteiger partial charge on any atom is 0.243 e. The molecule has 0 saturated heterocycles. The number of nitrogens with zero attached hydrogens (tertiary/aromatic N) is 1. The number of rotatable bonds is 10. The highest BCUT2D eigenvalue weighted by atomic mass is 79.9. The maximum atomic E-state index is 13.7. The third-order valence-electron chi connectivity index (χ3n) is 6.09. The van der Waals surface area contributed by atoms with Crippen molar-refractivity contribution in [3.8, 4) is 0 Å². The second kappa shape index (κ2) is 12.9. The first-order chi connectivity index (χ1) is 17.1. The van der Waals surface area contributed by atoms with Crippen molar-refractivity contribution in [2.45, 2.75) is 71.5 Å². The van der Waals surface area contributed by atoms with Crippen LogP contribution in [0.3, 0.4) is 0 Å². The Morgan fingerprint density at radius 1 is 0.833 bits per heavy atom. The molecule has 0 heterocycles. The smallest absolute Gasteiger partial charge is 0.243 e. The number of amides is 2. The highest BCUT2D eigenvalue weighted by molar-refractivity contribution is 9.10. The molecule has 0 saturated carbocycles. The summed E-state index contributed by atoms with van der Waals surface area (Å²) in [7, 11) is 0. The number of hydrogen-bond acceptors (Lipinski definition) is 2. The standard InChI is InChI=1S/C31H37BrN2O2/c1-5-23-11-13-24(14-12-23)17-20-29(35)34(22-26-15-18-27(32)19-16-26)28(30(36)33-31(2,3)4)21-25-9-7-6-8-10-25/h6-16,18-19,28H,5,17,20-22H2,1-4H3,(H,33,36)/t28-/m1/s1. The number of hydrogen-bond donors (Lipinski definition) is 1. The molecule has 0 unspecified atom stereocenters. The largest absolute Gasteiger partial charge is 0.350 e. The molecule has 0 spiro atoms. The first kappa shape index (κ1) is 27.7. The third-order valence-corrected chi connectivity index (χ3v) is 6.62. The molecule has 5 heteroatoms. The molecule has 190 valence electrons. The van der Waals surface area contributed by atoms with Crippen molar-refractivity contribution >= 4 is 27.7 Å².